The Hall–Kier alpha value is -1.70. The number of rotatable bonds is 2. The van der Waals surface area contributed by atoms with Gasteiger partial charge in [0.25, 0.3) is 0 Å². The Morgan fingerprint density at radius 3 is 3.00 bits per heavy atom. The molecule has 2 rings (SSSR count). The average Bonchev–Trinajstić information content (AvgIpc) is 2.26. The van der Waals surface area contributed by atoms with Gasteiger partial charge >= 0.3 is 0 Å². The predicted molar refractivity (Wildman–Crippen MR) is 59.9 cm³/mol. The first kappa shape index (κ1) is 8.88. The van der Waals surface area contributed by atoms with Gasteiger partial charge in [0.2, 0.25) is 0 Å². The summed E-state index contributed by atoms with van der Waals surface area (Å²) >= 11 is 0. The van der Waals surface area contributed by atoms with E-state index in [-0.39, 0.29) is 0 Å². The first-order valence-electron chi connectivity index (χ1n) is 4.75. The summed E-state index contributed by atoms with van der Waals surface area (Å²) in [5.41, 5.74) is 2.11. The highest BCUT2D eigenvalue weighted by molar-refractivity contribution is 5.97. The molecule has 0 saturated carbocycles. The minimum atomic E-state index is 0.809. The largest absolute Gasteiger partial charge is 0.293 e. The number of fused-ring (bicyclic) bond motifs is 1. The van der Waals surface area contributed by atoms with Crippen molar-refractivity contribution in [3.05, 3.63) is 42.1 Å². The number of aromatic nitrogens is 1. The number of para-hydroxylation sites is 1. The molecule has 0 unspecified atom stereocenters. The van der Waals surface area contributed by atoms with Crippen LogP contribution >= 0.6 is 0 Å². The Morgan fingerprint density at radius 2 is 2.14 bits per heavy atom. The molecule has 0 spiro atoms. The summed E-state index contributed by atoms with van der Waals surface area (Å²) in [4.78, 5) is 8.57. The summed E-state index contributed by atoms with van der Waals surface area (Å²) in [6.45, 7) is 2.83. The molecule has 0 N–H and O–H groups in total. The average molecular weight is 184 g/mol. The highest BCUT2D eigenvalue weighted by Crippen LogP contribution is 2.13. The number of benzene rings is 1. The standard InChI is InChI=1S/C12H12N2/c1-2-13-9-11-6-3-5-10-7-4-8-14-12(10)11/h3-9H,2H2,1H3. The van der Waals surface area contributed by atoms with E-state index in [4.69, 9.17) is 0 Å². The van der Waals surface area contributed by atoms with Crippen LogP contribution in [0.5, 0.6) is 0 Å². The lowest BCUT2D eigenvalue weighted by molar-refractivity contribution is 1.14. The summed E-state index contributed by atoms with van der Waals surface area (Å²) < 4.78 is 0. The lowest BCUT2D eigenvalue weighted by Gasteiger charge is -1.99. The van der Waals surface area contributed by atoms with E-state index in [1.165, 1.54) is 0 Å². The van der Waals surface area contributed by atoms with Gasteiger partial charge in [-0.25, -0.2) is 0 Å². The second kappa shape index (κ2) is 4.01. The van der Waals surface area contributed by atoms with Gasteiger partial charge in [0.1, 0.15) is 0 Å². The molecule has 0 bridgehead atoms. The van der Waals surface area contributed by atoms with E-state index in [1.54, 1.807) is 0 Å². The molecule has 0 saturated heterocycles. The highest BCUT2D eigenvalue weighted by atomic mass is 14.7. The molecule has 0 aliphatic heterocycles. The van der Waals surface area contributed by atoms with Crippen LogP contribution in [-0.2, 0) is 0 Å². The first-order valence-corrected chi connectivity index (χ1v) is 4.75. The normalized spacial score (nSPS) is 11.2. The molecule has 2 aromatic rings. The van der Waals surface area contributed by atoms with E-state index in [0.29, 0.717) is 0 Å². The molecule has 1 heterocycles. The summed E-state index contributed by atoms with van der Waals surface area (Å²) in [6, 6.07) is 10.1. The molecule has 0 aliphatic carbocycles. The second-order valence-corrected chi connectivity index (χ2v) is 3.05. The van der Waals surface area contributed by atoms with Gasteiger partial charge in [-0.1, -0.05) is 24.3 Å². The third-order valence-electron chi connectivity index (χ3n) is 2.08. The third-order valence-corrected chi connectivity index (χ3v) is 2.08. The van der Waals surface area contributed by atoms with Crippen molar-refractivity contribution in [1.82, 2.24) is 4.98 Å². The van der Waals surface area contributed by atoms with Crippen LogP contribution in [0.2, 0.25) is 0 Å². The van der Waals surface area contributed by atoms with Gasteiger partial charge in [0, 0.05) is 29.9 Å². The van der Waals surface area contributed by atoms with Gasteiger partial charge in [-0.15, -0.1) is 0 Å². The van der Waals surface area contributed by atoms with Crippen molar-refractivity contribution in [2.75, 3.05) is 6.54 Å². The topological polar surface area (TPSA) is 25.2 Å². The van der Waals surface area contributed by atoms with Crippen LogP contribution < -0.4 is 0 Å². The van der Waals surface area contributed by atoms with Crippen molar-refractivity contribution in [1.29, 1.82) is 0 Å². The molecule has 1 aromatic heterocycles. The summed E-state index contributed by atoms with van der Waals surface area (Å²) in [7, 11) is 0. The van der Waals surface area contributed by atoms with E-state index < -0.39 is 0 Å². The smallest absolute Gasteiger partial charge is 0.0789 e. The molecule has 70 valence electrons. The van der Waals surface area contributed by atoms with Crippen LogP contribution in [0.1, 0.15) is 12.5 Å². The Bertz CT molecular complexity index is 455. The summed E-state index contributed by atoms with van der Waals surface area (Å²) in [6.07, 6.45) is 3.70. The third kappa shape index (κ3) is 1.64. The van der Waals surface area contributed by atoms with Crippen LogP contribution in [-0.4, -0.2) is 17.7 Å². The van der Waals surface area contributed by atoms with Gasteiger partial charge in [0.15, 0.2) is 0 Å². The number of hydrogen-bond acceptors (Lipinski definition) is 2. The maximum atomic E-state index is 4.34. The van der Waals surface area contributed by atoms with Crippen LogP contribution in [0.3, 0.4) is 0 Å². The Balaban J connectivity index is 2.59. The number of hydrogen-bond donors (Lipinski definition) is 0. The Kier molecular flexibility index (Phi) is 2.54. The number of aliphatic imine (C=N–C) groups is 1. The lowest BCUT2D eigenvalue weighted by Crippen LogP contribution is -1.87. The zero-order valence-electron chi connectivity index (χ0n) is 8.14. The number of pyridine rings is 1. The fourth-order valence-electron chi connectivity index (χ4n) is 1.42. The SMILES string of the molecule is CCN=Cc1cccc2cccnc12. The molecule has 0 amide bonds. The van der Waals surface area contributed by atoms with Gasteiger partial charge in [-0.3, -0.25) is 9.98 Å². The van der Waals surface area contributed by atoms with Crippen LogP contribution in [0.15, 0.2) is 41.5 Å². The molecule has 1 aromatic carbocycles. The maximum Gasteiger partial charge on any atom is 0.0789 e. The highest BCUT2D eigenvalue weighted by Gasteiger charge is 1.97. The molecule has 0 aliphatic rings. The molecule has 0 fully saturated rings. The van der Waals surface area contributed by atoms with E-state index >= 15 is 0 Å². The first-order chi connectivity index (χ1) is 6.92. The van der Waals surface area contributed by atoms with Gasteiger partial charge in [-0.05, 0) is 13.0 Å². The van der Waals surface area contributed by atoms with Crippen molar-refractivity contribution in [3.63, 3.8) is 0 Å². The van der Waals surface area contributed by atoms with Crippen molar-refractivity contribution >= 4 is 17.1 Å². The summed E-state index contributed by atoms with van der Waals surface area (Å²) in [5, 5.41) is 1.16. The second-order valence-electron chi connectivity index (χ2n) is 3.05. The fourth-order valence-corrected chi connectivity index (χ4v) is 1.42. The van der Waals surface area contributed by atoms with E-state index in [0.717, 1.165) is 23.0 Å². The van der Waals surface area contributed by atoms with Gasteiger partial charge < -0.3 is 0 Å². The van der Waals surface area contributed by atoms with Crippen molar-refractivity contribution in [3.8, 4) is 0 Å². The van der Waals surface area contributed by atoms with Crippen molar-refractivity contribution in [2.24, 2.45) is 4.99 Å². The Labute approximate surface area is 83.3 Å². The Morgan fingerprint density at radius 1 is 1.29 bits per heavy atom. The van der Waals surface area contributed by atoms with E-state index in [1.807, 2.05) is 37.5 Å². The molecular weight excluding hydrogens is 172 g/mol. The zero-order chi connectivity index (χ0) is 9.80. The molecule has 0 atom stereocenters. The minimum Gasteiger partial charge on any atom is -0.293 e. The van der Waals surface area contributed by atoms with Crippen molar-refractivity contribution in [2.45, 2.75) is 6.92 Å². The minimum absolute atomic E-state index is 0.809. The van der Waals surface area contributed by atoms with Crippen LogP contribution in [0.4, 0.5) is 0 Å². The van der Waals surface area contributed by atoms with Crippen molar-refractivity contribution < 1.29 is 0 Å². The van der Waals surface area contributed by atoms with E-state index in [9.17, 15) is 0 Å². The molecule has 2 nitrogen and oxygen atoms in total. The summed E-state index contributed by atoms with van der Waals surface area (Å²) in [5.74, 6) is 0. The molecule has 2 heteroatoms. The van der Waals surface area contributed by atoms with Crippen LogP contribution in [0, 0.1) is 0 Å². The predicted octanol–water partition coefficient (Wildman–Crippen LogP) is 2.67. The fraction of sp³-hybridized carbons (Fsp3) is 0.167. The monoisotopic (exact) mass is 184 g/mol. The van der Waals surface area contributed by atoms with Gasteiger partial charge in [-0.2, -0.15) is 0 Å². The number of nitrogens with zero attached hydrogens (tertiary/aromatic N) is 2. The molecule has 14 heavy (non-hydrogen) atoms. The quantitative estimate of drug-likeness (QED) is 0.659. The maximum absolute atomic E-state index is 4.34. The van der Waals surface area contributed by atoms with Crippen LogP contribution in [0.25, 0.3) is 10.9 Å². The van der Waals surface area contributed by atoms with E-state index in [2.05, 4.69) is 22.1 Å². The lowest BCUT2D eigenvalue weighted by atomic mass is 10.1. The molecule has 0 radical (unpaired) electrons. The zero-order valence-corrected chi connectivity index (χ0v) is 8.14. The molecular formula is C12H12N2. The van der Waals surface area contributed by atoms with Gasteiger partial charge in [0.05, 0.1) is 5.52 Å².